The second-order valence-corrected chi connectivity index (χ2v) is 6.62. The van der Waals surface area contributed by atoms with Gasteiger partial charge < -0.3 is 15.2 Å². The molecule has 1 aliphatic heterocycles. The van der Waals surface area contributed by atoms with Crippen LogP contribution in [-0.4, -0.2) is 17.1 Å². The van der Waals surface area contributed by atoms with Crippen molar-refractivity contribution in [3.63, 3.8) is 0 Å². The number of nitrogens with zero attached hydrogens (tertiary/aromatic N) is 1. The van der Waals surface area contributed by atoms with Gasteiger partial charge in [0.25, 0.3) is 0 Å². The molecule has 3 N–H and O–H groups in total. The number of aromatic nitrogens is 1. The molecular formula is C16H17FN4O3. The first-order chi connectivity index (χ1) is 11.2. The first-order valence-corrected chi connectivity index (χ1v) is 7.40. The van der Waals surface area contributed by atoms with Gasteiger partial charge in [-0.15, -0.1) is 0 Å². The number of carbonyl (C=O) groups excluding carboxylic acids is 2. The zero-order chi connectivity index (χ0) is 17.5. The van der Waals surface area contributed by atoms with Gasteiger partial charge in [-0.25, -0.2) is 9.18 Å². The normalized spacial score (nSPS) is 13.4. The lowest BCUT2D eigenvalue weighted by atomic mass is 9.92. The third kappa shape index (κ3) is 3.22. The van der Waals surface area contributed by atoms with Crippen molar-refractivity contribution < 1.29 is 18.5 Å². The number of hydrogen-bond acceptors (Lipinski definition) is 4. The predicted octanol–water partition coefficient (Wildman–Crippen LogP) is 3.25. The minimum absolute atomic E-state index is 0.0380. The van der Waals surface area contributed by atoms with Crippen LogP contribution >= 0.6 is 0 Å². The molecule has 0 atom stereocenters. The molecule has 0 saturated heterocycles. The van der Waals surface area contributed by atoms with Gasteiger partial charge in [-0.3, -0.25) is 10.1 Å². The van der Waals surface area contributed by atoms with Crippen molar-refractivity contribution in [2.45, 2.75) is 32.6 Å². The fourth-order valence-electron chi connectivity index (χ4n) is 2.29. The molecular weight excluding hydrogens is 315 g/mol. The number of rotatable bonds is 2. The molecule has 0 fully saturated rings. The van der Waals surface area contributed by atoms with Crippen molar-refractivity contribution in [1.82, 2.24) is 5.16 Å². The average molecular weight is 332 g/mol. The summed E-state index contributed by atoms with van der Waals surface area (Å²) >= 11 is 0. The second kappa shape index (κ2) is 5.63. The van der Waals surface area contributed by atoms with Gasteiger partial charge in [-0.05, 0) is 17.7 Å². The van der Waals surface area contributed by atoms with Gasteiger partial charge >= 0.3 is 6.03 Å². The molecule has 3 amide bonds. The van der Waals surface area contributed by atoms with Gasteiger partial charge in [-0.2, -0.15) is 0 Å². The quantitative estimate of drug-likeness (QED) is 0.786. The number of hydrogen-bond donors (Lipinski definition) is 3. The maximum atomic E-state index is 14.0. The van der Waals surface area contributed by atoms with Crippen LogP contribution in [0.15, 0.2) is 22.7 Å². The highest BCUT2D eigenvalue weighted by molar-refractivity contribution is 6.02. The summed E-state index contributed by atoms with van der Waals surface area (Å²) in [6.07, 6.45) is 0.131. The van der Waals surface area contributed by atoms with Gasteiger partial charge in [0, 0.05) is 17.2 Å². The molecule has 0 spiro atoms. The average Bonchev–Trinajstić information content (AvgIpc) is 3.04. The maximum Gasteiger partial charge on any atom is 0.326 e. The summed E-state index contributed by atoms with van der Waals surface area (Å²) in [7, 11) is 0. The number of anilines is 3. The molecule has 0 bridgehead atoms. The van der Waals surface area contributed by atoms with E-state index < -0.39 is 11.8 Å². The fraction of sp³-hybridized carbons (Fsp3) is 0.312. The van der Waals surface area contributed by atoms with Gasteiger partial charge in [0.2, 0.25) is 11.8 Å². The van der Waals surface area contributed by atoms with Gasteiger partial charge in [0.1, 0.15) is 5.82 Å². The van der Waals surface area contributed by atoms with E-state index >= 15 is 0 Å². The van der Waals surface area contributed by atoms with E-state index in [0.717, 1.165) is 0 Å². The highest BCUT2D eigenvalue weighted by Gasteiger charge is 2.22. The molecule has 0 radical (unpaired) electrons. The Labute approximate surface area is 137 Å². The van der Waals surface area contributed by atoms with E-state index in [2.05, 4.69) is 21.1 Å². The zero-order valence-electron chi connectivity index (χ0n) is 13.5. The summed E-state index contributed by atoms with van der Waals surface area (Å²) in [6, 6.07) is 3.55. The van der Waals surface area contributed by atoms with Crippen LogP contribution in [0.4, 0.5) is 26.4 Å². The Kier molecular flexibility index (Phi) is 3.75. The molecule has 0 aliphatic carbocycles. The number of halogens is 1. The molecule has 0 saturated carbocycles. The summed E-state index contributed by atoms with van der Waals surface area (Å²) in [5.74, 6) is -0.664. The van der Waals surface area contributed by atoms with E-state index in [1.165, 1.54) is 12.1 Å². The van der Waals surface area contributed by atoms with Crippen LogP contribution in [0.3, 0.4) is 0 Å². The van der Waals surface area contributed by atoms with E-state index in [1.54, 1.807) is 6.07 Å². The molecule has 7 nitrogen and oxygen atoms in total. The van der Waals surface area contributed by atoms with Crippen LogP contribution < -0.4 is 16.0 Å². The van der Waals surface area contributed by atoms with Crippen LogP contribution in [0.2, 0.25) is 0 Å². The summed E-state index contributed by atoms with van der Waals surface area (Å²) < 4.78 is 19.1. The lowest BCUT2D eigenvalue weighted by molar-refractivity contribution is -0.115. The Morgan fingerprint density at radius 2 is 2.04 bits per heavy atom. The number of carbonyl (C=O) groups is 2. The van der Waals surface area contributed by atoms with Gasteiger partial charge in [0.15, 0.2) is 0 Å². The molecule has 2 heterocycles. The van der Waals surface area contributed by atoms with E-state index in [0.29, 0.717) is 16.9 Å². The van der Waals surface area contributed by atoms with Crippen LogP contribution in [0.1, 0.15) is 32.0 Å². The Balaban J connectivity index is 1.71. The summed E-state index contributed by atoms with van der Waals surface area (Å²) in [5, 5.41) is 11.3. The van der Waals surface area contributed by atoms with Crippen LogP contribution in [0.25, 0.3) is 0 Å². The topological polar surface area (TPSA) is 96.3 Å². The Morgan fingerprint density at radius 1 is 1.29 bits per heavy atom. The molecule has 1 aromatic heterocycles. The van der Waals surface area contributed by atoms with E-state index in [1.807, 2.05) is 20.8 Å². The van der Waals surface area contributed by atoms with Crippen molar-refractivity contribution >= 4 is 29.2 Å². The third-order valence-corrected chi connectivity index (χ3v) is 3.58. The summed E-state index contributed by atoms with van der Waals surface area (Å²) in [5.41, 5.74) is 1.48. The van der Waals surface area contributed by atoms with Crippen molar-refractivity contribution in [3.05, 3.63) is 35.3 Å². The van der Waals surface area contributed by atoms with Crippen LogP contribution in [0, 0.1) is 5.82 Å². The van der Waals surface area contributed by atoms with Crippen molar-refractivity contribution in [2.24, 2.45) is 0 Å². The van der Waals surface area contributed by atoms with Crippen LogP contribution in [0.5, 0.6) is 0 Å². The number of fused-ring (bicyclic) bond motifs is 1. The number of benzene rings is 1. The number of amides is 3. The highest BCUT2D eigenvalue weighted by Crippen LogP contribution is 2.29. The lowest BCUT2D eigenvalue weighted by Crippen LogP contribution is -2.20. The first kappa shape index (κ1) is 16.0. The first-order valence-electron chi connectivity index (χ1n) is 7.40. The molecule has 1 aliphatic rings. The SMILES string of the molecule is CC(C)(C)c1cc(NC(=O)Nc2cc3c(cc2F)CC(=O)N3)on1. The highest BCUT2D eigenvalue weighted by atomic mass is 19.1. The molecule has 126 valence electrons. The third-order valence-electron chi connectivity index (χ3n) is 3.58. The summed E-state index contributed by atoms with van der Waals surface area (Å²) in [6.45, 7) is 5.88. The summed E-state index contributed by atoms with van der Waals surface area (Å²) in [4.78, 5) is 23.3. The van der Waals surface area contributed by atoms with E-state index in [-0.39, 0.29) is 29.3 Å². The maximum absolute atomic E-state index is 14.0. The predicted molar refractivity (Wildman–Crippen MR) is 86.6 cm³/mol. The van der Waals surface area contributed by atoms with Crippen molar-refractivity contribution in [1.29, 1.82) is 0 Å². The number of urea groups is 1. The largest absolute Gasteiger partial charge is 0.338 e. The molecule has 2 aromatic rings. The molecule has 8 heteroatoms. The Hall–Kier alpha value is -2.90. The monoisotopic (exact) mass is 332 g/mol. The fourth-order valence-corrected chi connectivity index (χ4v) is 2.29. The van der Waals surface area contributed by atoms with E-state index in [9.17, 15) is 14.0 Å². The lowest BCUT2D eigenvalue weighted by Gasteiger charge is -2.12. The minimum Gasteiger partial charge on any atom is -0.338 e. The smallest absolute Gasteiger partial charge is 0.326 e. The van der Waals surface area contributed by atoms with Crippen molar-refractivity contribution in [3.8, 4) is 0 Å². The number of nitrogens with one attached hydrogen (secondary N) is 3. The minimum atomic E-state index is -0.671. The molecule has 0 unspecified atom stereocenters. The second-order valence-electron chi connectivity index (χ2n) is 6.62. The van der Waals surface area contributed by atoms with Crippen LogP contribution in [-0.2, 0) is 16.6 Å². The van der Waals surface area contributed by atoms with E-state index in [4.69, 9.17) is 4.52 Å². The van der Waals surface area contributed by atoms with Gasteiger partial charge in [0.05, 0.1) is 17.8 Å². The zero-order valence-corrected chi connectivity index (χ0v) is 13.5. The Bertz CT molecular complexity index is 823. The molecule has 1 aromatic carbocycles. The molecule has 24 heavy (non-hydrogen) atoms. The van der Waals surface area contributed by atoms with Crippen molar-refractivity contribution in [2.75, 3.05) is 16.0 Å². The standard InChI is InChI=1S/C16H17FN4O3/c1-16(2,3)12-7-14(24-21-12)20-15(23)19-11-6-10-8(4-9(11)17)5-13(22)18-10/h4,6-7H,5H2,1-3H3,(H,18,22)(H2,19,20,23). The van der Waals surface area contributed by atoms with Gasteiger partial charge in [-0.1, -0.05) is 25.9 Å². The molecule has 3 rings (SSSR count). The Morgan fingerprint density at radius 3 is 2.71 bits per heavy atom.